The Balaban J connectivity index is 1.49. The molecule has 0 aliphatic heterocycles. The fraction of sp³-hybridized carbons (Fsp3) is 0. The first-order valence-corrected chi connectivity index (χ1v) is 25.5. The van der Waals surface area contributed by atoms with Crippen molar-refractivity contribution in [3.63, 3.8) is 0 Å². The zero-order valence-electron chi connectivity index (χ0n) is 45.5. The standard InChI is InChI=1S/C54B32/c55-23-6(10-7-1-3-15(33(65)26(7)58)40(72)48(80)42(74)17(3)37(69)35(67)13(1)31(63)28(10)60)5(12-25(57)21-22(39(71)30(12)62)47(79)51(83)50(82)46(21)78)9(20-44(76)52(84)54(86)53(85)45(20)77)24(56)19(23)11-8-2-4-16(34(66)27(8)59)41(73)49(81)43(75)18(4)38(70)36(68)14(2)32(64)29(11)61. The van der Waals surface area contributed by atoms with Crippen molar-refractivity contribution in [2.24, 2.45) is 0 Å². The molecule has 0 aliphatic carbocycles. The Kier molecular flexibility index (Phi) is 14.5. The largest absolute Gasteiger partial charge is 0.115 e. The van der Waals surface area contributed by atoms with Crippen molar-refractivity contribution in [2.75, 3.05) is 0 Å². The van der Waals surface area contributed by atoms with Crippen LogP contribution >= 0.6 is 0 Å². The molecule has 0 bridgehead atoms. The lowest BCUT2D eigenvalue weighted by molar-refractivity contribution is 1.71. The molecule has 0 fully saturated rings. The quantitative estimate of drug-likeness (QED) is 0.122. The highest BCUT2D eigenvalue weighted by Crippen LogP contribution is 2.43. The van der Waals surface area contributed by atoms with Gasteiger partial charge in [-0.15, -0.1) is 38.2 Å². The van der Waals surface area contributed by atoms with Gasteiger partial charge in [0.1, 0.15) is 251 Å². The van der Waals surface area contributed by atoms with Crippen LogP contribution in [0.25, 0.3) is 120 Å². The molecule has 0 aromatic heterocycles. The van der Waals surface area contributed by atoms with Gasteiger partial charge < -0.3 is 0 Å². The van der Waals surface area contributed by atoms with E-state index in [-0.39, 0.29) is 295 Å². The first-order chi connectivity index (χ1) is 40.1. The van der Waals surface area contributed by atoms with Crippen molar-refractivity contribution in [2.45, 2.75) is 0 Å². The number of hydrogen-bond donors (Lipinski definition) is 0. The molecule has 0 amide bonds. The molecule has 0 saturated carbocycles. The van der Waals surface area contributed by atoms with E-state index in [0.29, 0.717) is 0 Å². The molecule has 0 N–H and O–H groups in total. The Morgan fingerprint density at radius 3 is 0.523 bits per heavy atom. The third kappa shape index (κ3) is 7.40. The van der Waals surface area contributed by atoms with E-state index >= 15 is 0 Å². The Bertz CT molecular complexity index is 5220. The van der Waals surface area contributed by atoms with Gasteiger partial charge in [-0.25, -0.2) is 0 Å². The van der Waals surface area contributed by atoms with Crippen LogP contribution in [0.15, 0.2) is 0 Å². The van der Waals surface area contributed by atoms with Gasteiger partial charge in [-0.2, -0.15) is 0 Å². The second kappa shape index (κ2) is 20.3. The lowest BCUT2D eigenvalue weighted by atomic mass is 9.54. The second-order valence-corrected chi connectivity index (χ2v) is 21.5. The third-order valence-corrected chi connectivity index (χ3v) is 17.5. The lowest BCUT2D eigenvalue weighted by Gasteiger charge is -2.36. The van der Waals surface area contributed by atoms with Crippen LogP contribution in [-0.4, -0.2) is 251 Å². The minimum atomic E-state index is -0.388. The van der Waals surface area contributed by atoms with Gasteiger partial charge in [0.15, 0.2) is 0 Å². The van der Waals surface area contributed by atoms with E-state index in [0.717, 1.165) is 0 Å². The first-order valence-electron chi connectivity index (χ1n) is 25.5. The van der Waals surface area contributed by atoms with E-state index in [1.165, 1.54) is 0 Å². The molecule has 12 rings (SSSR count). The summed E-state index contributed by atoms with van der Waals surface area (Å²) < 4.78 is 0. The molecule has 0 spiro atoms. The van der Waals surface area contributed by atoms with Gasteiger partial charge in [0.2, 0.25) is 0 Å². The van der Waals surface area contributed by atoms with E-state index in [1.54, 1.807) is 0 Å². The second-order valence-electron chi connectivity index (χ2n) is 21.5. The molecule has 0 heterocycles. The van der Waals surface area contributed by atoms with Crippen LogP contribution in [0, 0.1) is 0 Å². The molecular weight excluding hydrogens is 995 g/mol. The molecule has 32 heteroatoms. The molecule has 0 unspecified atom stereocenters. The maximum atomic E-state index is 8.00. The van der Waals surface area contributed by atoms with E-state index in [2.05, 4.69) is 0 Å². The van der Waals surface area contributed by atoms with Crippen LogP contribution in [-0.2, 0) is 0 Å². The minimum absolute atomic E-state index is 0.000930. The Morgan fingerprint density at radius 1 is 0.0698 bits per heavy atom. The number of hydrogen-bond acceptors (Lipinski definition) is 0. The first kappa shape index (κ1) is 61.3. The van der Waals surface area contributed by atoms with Crippen molar-refractivity contribution in [3.05, 3.63) is 0 Å². The normalized spacial score (nSPS) is 12.0. The maximum Gasteiger partial charge on any atom is 0.115 e. The summed E-state index contributed by atoms with van der Waals surface area (Å²) in [6.07, 6.45) is 0. The molecule has 0 atom stereocenters. The van der Waals surface area contributed by atoms with Crippen molar-refractivity contribution in [1.29, 1.82) is 0 Å². The summed E-state index contributed by atoms with van der Waals surface area (Å²) in [5.41, 5.74) is -8.07. The van der Waals surface area contributed by atoms with Crippen molar-refractivity contribution >= 4 is 501 Å². The highest BCUT2D eigenvalue weighted by molar-refractivity contribution is 6.80. The zero-order valence-corrected chi connectivity index (χ0v) is 45.5. The summed E-state index contributed by atoms with van der Waals surface area (Å²) in [5, 5.41) is 1.19. The summed E-state index contributed by atoms with van der Waals surface area (Å²) >= 11 is 0. The van der Waals surface area contributed by atoms with Gasteiger partial charge in [0, 0.05) is 0 Å². The highest BCUT2D eigenvalue weighted by Gasteiger charge is 2.35. The highest BCUT2D eigenvalue weighted by atomic mass is 14.3. The van der Waals surface area contributed by atoms with Gasteiger partial charge in [0.25, 0.3) is 0 Å². The average molecular weight is 995 g/mol. The van der Waals surface area contributed by atoms with Crippen LogP contribution in [0.5, 0.6) is 0 Å². The topological polar surface area (TPSA) is 0 Å². The van der Waals surface area contributed by atoms with Crippen LogP contribution in [0.1, 0.15) is 0 Å². The number of rotatable bonds is 4. The van der Waals surface area contributed by atoms with E-state index in [4.69, 9.17) is 251 Å². The molecule has 86 heavy (non-hydrogen) atoms. The fourth-order valence-electron chi connectivity index (χ4n) is 13.2. The lowest BCUT2D eigenvalue weighted by Crippen LogP contribution is -2.55. The number of fused-ring (bicyclic) bond motifs is 1. The van der Waals surface area contributed by atoms with Crippen molar-refractivity contribution in [1.82, 2.24) is 0 Å². The molecule has 0 nitrogen and oxygen atoms in total. The Hall–Kier alpha value is -4.94. The molecule has 0 aliphatic rings. The SMILES string of the molecule is [B]c1c([B])c([B])c(-c2c([B])c(-c3c([B])c([B])c4c([B])c([B])c5c([B])c([B])c([B])c6c([B])c([B])c3c4c56)c([B])c(-c3c([B])c([B])c4c([B])c([B])c5c([B])c([B])c([B])c6c([B])c([B])c3c4c56)c2-c2c([B])c([B])c3c([B])c([B])c([B])c([B])c3c2[B])c([B])c1[B]. The summed E-state index contributed by atoms with van der Waals surface area (Å²) in [7, 11) is 225. The van der Waals surface area contributed by atoms with Crippen LogP contribution in [0.2, 0.25) is 0 Å². The summed E-state index contributed by atoms with van der Waals surface area (Å²) in [5.74, 6) is 0. The van der Waals surface area contributed by atoms with Gasteiger partial charge in [0.05, 0.1) is 0 Å². The predicted molar refractivity (Wildman–Crippen MR) is 406 cm³/mol. The smallest absolute Gasteiger partial charge is 0.112 e. The van der Waals surface area contributed by atoms with Crippen LogP contribution < -0.4 is 175 Å². The van der Waals surface area contributed by atoms with Gasteiger partial charge in [-0.3, -0.25) is 0 Å². The zero-order chi connectivity index (χ0) is 63.2. The van der Waals surface area contributed by atoms with E-state index in [1.807, 2.05) is 0 Å². The monoisotopic (exact) mass is 1000 g/mol. The summed E-state index contributed by atoms with van der Waals surface area (Å²) in [4.78, 5) is 0. The van der Waals surface area contributed by atoms with Crippen molar-refractivity contribution in [3.8, 4) is 44.5 Å². The molecule has 12 aromatic carbocycles. The number of benzene rings is 12. The Morgan fingerprint density at radius 2 is 0.209 bits per heavy atom. The average Bonchev–Trinajstić information content (AvgIpc) is 0.693. The third-order valence-electron chi connectivity index (χ3n) is 17.5. The van der Waals surface area contributed by atoms with Crippen LogP contribution in [0.3, 0.4) is 0 Å². The molecule has 12 aromatic rings. The van der Waals surface area contributed by atoms with E-state index < -0.39 is 0 Å². The fourth-order valence-corrected chi connectivity index (χ4v) is 13.2. The molecular formula is C54B32. The molecule has 64 radical (unpaired) electrons. The molecule has 0 saturated heterocycles. The van der Waals surface area contributed by atoms with E-state index in [9.17, 15) is 0 Å². The van der Waals surface area contributed by atoms with Crippen molar-refractivity contribution < 1.29 is 0 Å². The minimum Gasteiger partial charge on any atom is -0.112 e. The Labute approximate surface area is 541 Å². The summed E-state index contributed by atoms with van der Waals surface area (Å²) in [6, 6.07) is 0. The van der Waals surface area contributed by atoms with Gasteiger partial charge >= 0.3 is 0 Å². The van der Waals surface area contributed by atoms with Crippen LogP contribution in [0.4, 0.5) is 0 Å². The van der Waals surface area contributed by atoms with Gasteiger partial charge in [-0.1, -0.05) is 137 Å². The predicted octanol–water partition coefficient (Wildman–Crippen LogP) is -23.3. The maximum absolute atomic E-state index is 8.00. The molecule has 312 valence electrons. The van der Waals surface area contributed by atoms with Gasteiger partial charge in [-0.05, 0) is 120 Å². The summed E-state index contributed by atoms with van der Waals surface area (Å²) in [6.45, 7) is 0.